The molecule has 0 aromatic carbocycles. The summed E-state index contributed by atoms with van der Waals surface area (Å²) in [4.78, 5) is 58.3. The molecule has 168 valence electrons. The number of amides is 1. The maximum Gasteiger partial charge on any atom is 0.303 e. The zero-order valence-corrected chi connectivity index (χ0v) is 17.3. The minimum Gasteiger partial charge on any atom is -0.456 e. The summed E-state index contributed by atoms with van der Waals surface area (Å²) in [6.45, 7) is 5.17. The van der Waals surface area contributed by atoms with Crippen molar-refractivity contribution in [2.45, 2.75) is 52.2 Å². The third-order valence-electron chi connectivity index (χ3n) is 4.54. The molecule has 1 fully saturated rings. The number of aliphatic hydroxyl groups excluding tert-OH is 1. The van der Waals surface area contributed by atoms with Gasteiger partial charge in [0.1, 0.15) is 6.10 Å². The van der Waals surface area contributed by atoms with Crippen LogP contribution in [0.25, 0.3) is 11.2 Å². The third-order valence-corrected chi connectivity index (χ3v) is 4.54. The average Bonchev–Trinajstić information content (AvgIpc) is 3.23. The van der Waals surface area contributed by atoms with E-state index in [0.29, 0.717) is 0 Å². The monoisotopic (exact) mass is 437 g/mol. The van der Waals surface area contributed by atoms with E-state index >= 15 is 0 Å². The summed E-state index contributed by atoms with van der Waals surface area (Å²) in [5.74, 6) is -2.15. The van der Waals surface area contributed by atoms with E-state index in [1.54, 1.807) is 13.8 Å². The molecule has 3 N–H and O–H groups in total. The molecule has 0 bridgehead atoms. The lowest BCUT2D eigenvalue weighted by Crippen LogP contribution is -2.40. The second kappa shape index (κ2) is 8.81. The molecule has 1 saturated heterocycles. The molecule has 3 rings (SSSR count). The smallest absolute Gasteiger partial charge is 0.303 e. The van der Waals surface area contributed by atoms with Crippen LogP contribution in [0.3, 0.4) is 0 Å². The number of fused-ring (bicyclic) bond motifs is 1. The van der Waals surface area contributed by atoms with Crippen molar-refractivity contribution in [1.29, 1.82) is 0 Å². The highest BCUT2D eigenvalue weighted by Gasteiger charge is 2.50. The number of carbonyl (C=O) groups excluding carboxylic acids is 3. The summed E-state index contributed by atoms with van der Waals surface area (Å²) in [5.41, 5.74) is -0.630. The van der Waals surface area contributed by atoms with Crippen LogP contribution in [0.4, 0.5) is 5.95 Å². The first kappa shape index (κ1) is 22.4. The average molecular weight is 437 g/mol. The Morgan fingerprint density at radius 2 is 1.90 bits per heavy atom. The molecular weight excluding hydrogens is 414 g/mol. The van der Waals surface area contributed by atoms with E-state index in [9.17, 15) is 24.3 Å². The van der Waals surface area contributed by atoms with Gasteiger partial charge in [-0.2, -0.15) is 4.98 Å². The first-order valence-corrected chi connectivity index (χ1v) is 9.50. The molecule has 1 amide bonds. The van der Waals surface area contributed by atoms with E-state index in [-0.39, 0.29) is 28.9 Å². The lowest BCUT2D eigenvalue weighted by Gasteiger charge is -2.23. The molecule has 0 spiro atoms. The van der Waals surface area contributed by atoms with Gasteiger partial charge in [-0.3, -0.25) is 34.0 Å². The molecule has 2 unspecified atom stereocenters. The zero-order chi connectivity index (χ0) is 22.9. The van der Waals surface area contributed by atoms with Crippen molar-refractivity contribution >= 4 is 35.0 Å². The number of aromatic nitrogens is 4. The van der Waals surface area contributed by atoms with Crippen LogP contribution >= 0.6 is 0 Å². The molecule has 0 saturated carbocycles. The lowest BCUT2D eigenvalue weighted by molar-refractivity contribution is -0.165. The van der Waals surface area contributed by atoms with Crippen LogP contribution in [0.15, 0.2) is 11.1 Å². The van der Waals surface area contributed by atoms with E-state index in [1.807, 2.05) is 0 Å². The first-order chi connectivity index (χ1) is 14.6. The Hall–Kier alpha value is -3.32. The predicted octanol–water partition coefficient (Wildman–Crippen LogP) is -0.533. The Morgan fingerprint density at radius 1 is 1.26 bits per heavy atom. The summed E-state index contributed by atoms with van der Waals surface area (Å²) in [6.07, 6.45) is -3.12. The SMILES string of the molecule is CC(=O)OC1C(OC(C)=O)[C@@H](CO)O[C@H]1n1cnc2c(=O)[nH]c(NC(=O)C(C)C)nc21. The largest absolute Gasteiger partial charge is 0.456 e. The molecule has 2 aromatic heterocycles. The van der Waals surface area contributed by atoms with Crippen LogP contribution in [0.5, 0.6) is 0 Å². The summed E-state index contributed by atoms with van der Waals surface area (Å²) in [6, 6.07) is 0. The quantitative estimate of drug-likeness (QED) is 0.498. The summed E-state index contributed by atoms with van der Waals surface area (Å²) >= 11 is 0. The van der Waals surface area contributed by atoms with Gasteiger partial charge in [0, 0.05) is 19.8 Å². The molecule has 31 heavy (non-hydrogen) atoms. The van der Waals surface area contributed by atoms with Crippen molar-refractivity contribution in [1.82, 2.24) is 19.5 Å². The Morgan fingerprint density at radius 3 is 2.48 bits per heavy atom. The van der Waals surface area contributed by atoms with Gasteiger partial charge >= 0.3 is 11.9 Å². The van der Waals surface area contributed by atoms with Crippen LogP contribution in [0, 0.1) is 5.92 Å². The van der Waals surface area contributed by atoms with Gasteiger partial charge in [0.25, 0.3) is 5.56 Å². The van der Waals surface area contributed by atoms with E-state index in [0.717, 1.165) is 0 Å². The van der Waals surface area contributed by atoms with Gasteiger partial charge in [0.05, 0.1) is 12.9 Å². The number of rotatable bonds is 6. The molecule has 13 heteroatoms. The van der Waals surface area contributed by atoms with Gasteiger partial charge in [-0.25, -0.2) is 4.98 Å². The maximum absolute atomic E-state index is 12.4. The number of nitrogens with zero attached hydrogens (tertiary/aromatic N) is 3. The fraction of sp³-hybridized carbons (Fsp3) is 0.556. The topological polar surface area (TPSA) is 175 Å². The Balaban J connectivity index is 2.06. The molecular formula is C18H23N5O8. The number of imidazole rings is 1. The molecule has 1 aliphatic rings. The Bertz CT molecular complexity index is 1060. The summed E-state index contributed by atoms with van der Waals surface area (Å²) in [5, 5.41) is 12.2. The predicted molar refractivity (Wildman–Crippen MR) is 104 cm³/mol. The van der Waals surface area contributed by atoms with Crippen molar-refractivity contribution < 1.29 is 33.7 Å². The second-order valence-electron chi connectivity index (χ2n) is 7.28. The number of anilines is 1. The van der Waals surface area contributed by atoms with E-state index in [2.05, 4.69) is 20.3 Å². The lowest BCUT2D eigenvalue weighted by atomic mass is 10.1. The fourth-order valence-electron chi connectivity index (χ4n) is 3.16. The van der Waals surface area contributed by atoms with Gasteiger partial charge in [-0.05, 0) is 0 Å². The third kappa shape index (κ3) is 4.56. The Kier molecular flexibility index (Phi) is 6.36. The zero-order valence-electron chi connectivity index (χ0n) is 17.3. The molecule has 2 aromatic rings. The Labute approximate surface area is 175 Å². The number of hydrogen-bond acceptors (Lipinski definition) is 10. The number of esters is 2. The van der Waals surface area contributed by atoms with Crippen molar-refractivity contribution in [3.8, 4) is 0 Å². The van der Waals surface area contributed by atoms with Gasteiger partial charge < -0.3 is 19.3 Å². The molecule has 3 heterocycles. The van der Waals surface area contributed by atoms with Crippen LogP contribution in [-0.4, -0.2) is 67.4 Å². The van der Waals surface area contributed by atoms with Gasteiger partial charge in [0.15, 0.2) is 29.6 Å². The molecule has 0 aliphatic carbocycles. The van der Waals surface area contributed by atoms with Gasteiger partial charge in [-0.15, -0.1) is 0 Å². The highest BCUT2D eigenvalue weighted by atomic mass is 16.6. The maximum atomic E-state index is 12.4. The highest BCUT2D eigenvalue weighted by Crippen LogP contribution is 2.35. The van der Waals surface area contributed by atoms with E-state index < -0.39 is 48.6 Å². The molecule has 13 nitrogen and oxygen atoms in total. The van der Waals surface area contributed by atoms with Crippen LogP contribution in [-0.2, 0) is 28.6 Å². The van der Waals surface area contributed by atoms with Gasteiger partial charge in [-0.1, -0.05) is 13.8 Å². The molecule has 4 atom stereocenters. The number of carbonyl (C=O) groups is 3. The normalized spacial score (nSPS) is 23.2. The molecule has 0 radical (unpaired) electrons. The number of aromatic amines is 1. The van der Waals surface area contributed by atoms with Crippen molar-refractivity contribution in [2.24, 2.45) is 5.92 Å². The highest BCUT2D eigenvalue weighted by molar-refractivity contribution is 5.91. The van der Waals surface area contributed by atoms with Crippen molar-refractivity contribution in [3.63, 3.8) is 0 Å². The van der Waals surface area contributed by atoms with E-state index in [4.69, 9.17) is 14.2 Å². The number of hydrogen-bond donors (Lipinski definition) is 3. The number of aliphatic hydroxyl groups is 1. The second-order valence-corrected chi connectivity index (χ2v) is 7.28. The summed E-state index contributed by atoms with van der Waals surface area (Å²) in [7, 11) is 0. The standard InChI is InChI=1S/C18H23N5O8/c1-7(2)15(27)21-18-20-14-11(16(28)22-18)19-6-23(14)17-13(30-9(4)26)12(29-8(3)25)10(5-24)31-17/h6-7,10,12-13,17,24H,5H2,1-4H3,(H2,20,21,22,27,28)/t10-,12?,13?,17-/m1/s1. The van der Waals surface area contributed by atoms with Crippen LogP contribution in [0.2, 0.25) is 0 Å². The fourth-order valence-corrected chi connectivity index (χ4v) is 3.16. The van der Waals surface area contributed by atoms with Crippen molar-refractivity contribution in [2.75, 3.05) is 11.9 Å². The van der Waals surface area contributed by atoms with Crippen LogP contribution in [0.1, 0.15) is 33.9 Å². The first-order valence-electron chi connectivity index (χ1n) is 9.50. The van der Waals surface area contributed by atoms with E-state index in [1.165, 1.54) is 24.7 Å². The minimum atomic E-state index is -1.15. The van der Waals surface area contributed by atoms with Crippen LogP contribution < -0.4 is 10.9 Å². The van der Waals surface area contributed by atoms with Gasteiger partial charge in [0.2, 0.25) is 11.9 Å². The van der Waals surface area contributed by atoms with Crippen molar-refractivity contribution in [3.05, 3.63) is 16.7 Å². The summed E-state index contributed by atoms with van der Waals surface area (Å²) < 4.78 is 17.6. The minimum absolute atomic E-state index is 0.0325. The number of nitrogens with one attached hydrogen (secondary N) is 2. The molecule has 1 aliphatic heterocycles. The number of H-pyrrole nitrogens is 1. The number of ether oxygens (including phenoxy) is 3.